The van der Waals surface area contributed by atoms with E-state index in [1.165, 1.54) is 0 Å². The van der Waals surface area contributed by atoms with Crippen molar-refractivity contribution in [1.29, 1.82) is 0 Å². The number of anilines is 1. The van der Waals surface area contributed by atoms with Crippen LogP contribution >= 0.6 is 11.8 Å². The minimum Gasteiger partial charge on any atom is -0.507 e. The van der Waals surface area contributed by atoms with E-state index < -0.39 is 0 Å². The summed E-state index contributed by atoms with van der Waals surface area (Å²) in [7, 11) is 0. The van der Waals surface area contributed by atoms with Crippen molar-refractivity contribution in [2.24, 2.45) is 0 Å². The number of carbonyl (C=O) groups is 1. The van der Waals surface area contributed by atoms with Gasteiger partial charge >= 0.3 is 0 Å². The number of hydrogen-bond acceptors (Lipinski definition) is 3. The van der Waals surface area contributed by atoms with Gasteiger partial charge in [0, 0.05) is 10.6 Å². The molecule has 0 fully saturated rings. The summed E-state index contributed by atoms with van der Waals surface area (Å²) in [5.41, 5.74) is 2.03. The summed E-state index contributed by atoms with van der Waals surface area (Å²) in [6, 6.07) is 12.9. The Morgan fingerprint density at radius 2 is 1.96 bits per heavy atom. The van der Waals surface area contributed by atoms with Gasteiger partial charge in [-0.3, -0.25) is 4.79 Å². The largest absolute Gasteiger partial charge is 0.507 e. The summed E-state index contributed by atoms with van der Waals surface area (Å²) in [6.07, 6.45) is 2.94. The molecule has 0 aliphatic rings. The van der Waals surface area contributed by atoms with Crippen molar-refractivity contribution in [2.75, 3.05) is 11.6 Å². The molecular weight excluding hydrogens is 306 g/mol. The van der Waals surface area contributed by atoms with Gasteiger partial charge in [-0.05, 0) is 54.0 Å². The van der Waals surface area contributed by atoms with Crippen LogP contribution in [0.15, 0.2) is 47.4 Å². The lowest BCUT2D eigenvalue weighted by molar-refractivity contribution is 0.102. The monoisotopic (exact) mass is 329 g/mol. The number of rotatable bonds is 5. The van der Waals surface area contributed by atoms with Crippen molar-refractivity contribution in [3.05, 3.63) is 53.6 Å². The van der Waals surface area contributed by atoms with E-state index in [2.05, 4.69) is 26.1 Å². The molecule has 0 radical (unpaired) electrons. The SMILES string of the molecule is CCC(C)(C)c1ccc(O)c(C(=O)Nc2cccc(SC)c2)c1. The topological polar surface area (TPSA) is 49.3 Å². The number of aromatic hydroxyl groups is 1. The minimum atomic E-state index is -0.297. The molecule has 2 aromatic rings. The van der Waals surface area contributed by atoms with Crippen LogP contribution in [0.5, 0.6) is 5.75 Å². The highest BCUT2D eigenvalue weighted by Gasteiger charge is 2.21. The molecule has 122 valence electrons. The zero-order valence-electron chi connectivity index (χ0n) is 14.0. The summed E-state index contributed by atoms with van der Waals surface area (Å²) in [5, 5.41) is 12.9. The van der Waals surface area contributed by atoms with E-state index in [0.717, 1.165) is 22.6 Å². The van der Waals surface area contributed by atoms with Crippen molar-refractivity contribution < 1.29 is 9.90 Å². The number of thioether (sulfide) groups is 1. The van der Waals surface area contributed by atoms with E-state index in [1.807, 2.05) is 36.6 Å². The molecule has 23 heavy (non-hydrogen) atoms. The standard InChI is InChI=1S/C19H23NO2S/c1-5-19(2,3)13-9-10-17(21)16(11-13)18(22)20-14-7-6-8-15(12-14)23-4/h6-12,21H,5H2,1-4H3,(H,20,22). The van der Waals surface area contributed by atoms with E-state index in [-0.39, 0.29) is 17.1 Å². The molecule has 0 atom stereocenters. The average molecular weight is 329 g/mol. The first kappa shape index (κ1) is 17.4. The van der Waals surface area contributed by atoms with Gasteiger partial charge in [0.15, 0.2) is 0 Å². The Morgan fingerprint density at radius 3 is 2.61 bits per heavy atom. The molecule has 0 saturated carbocycles. The highest BCUT2D eigenvalue weighted by Crippen LogP contribution is 2.30. The van der Waals surface area contributed by atoms with Crippen LogP contribution in [0.3, 0.4) is 0 Å². The molecule has 2 rings (SSSR count). The molecule has 2 N–H and O–H groups in total. The van der Waals surface area contributed by atoms with Crippen molar-refractivity contribution >= 4 is 23.4 Å². The molecule has 0 unspecified atom stereocenters. The molecule has 0 heterocycles. The molecule has 0 saturated heterocycles. The Hall–Kier alpha value is -1.94. The molecule has 4 heteroatoms. The number of hydrogen-bond donors (Lipinski definition) is 2. The van der Waals surface area contributed by atoms with Gasteiger partial charge in [0.05, 0.1) is 5.56 Å². The molecule has 0 aliphatic carbocycles. The first-order valence-corrected chi connectivity index (χ1v) is 8.88. The molecule has 3 nitrogen and oxygen atoms in total. The maximum absolute atomic E-state index is 12.5. The van der Waals surface area contributed by atoms with Crippen molar-refractivity contribution in [2.45, 2.75) is 37.5 Å². The number of phenols is 1. The van der Waals surface area contributed by atoms with Crippen LogP contribution in [-0.2, 0) is 5.41 Å². The highest BCUT2D eigenvalue weighted by molar-refractivity contribution is 7.98. The summed E-state index contributed by atoms with van der Waals surface area (Å²) in [4.78, 5) is 13.6. The number of amides is 1. The Morgan fingerprint density at radius 1 is 1.22 bits per heavy atom. The van der Waals surface area contributed by atoms with Crippen LogP contribution in [-0.4, -0.2) is 17.3 Å². The second-order valence-electron chi connectivity index (χ2n) is 6.16. The molecular formula is C19H23NO2S. The van der Waals surface area contributed by atoms with E-state index in [9.17, 15) is 9.90 Å². The van der Waals surface area contributed by atoms with E-state index in [0.29, 0.717) is 5.56 Å². The van der Waals surface area contributed by atoms with Crippen LogP contribution in [0.1, 0.15) is 43.1 Å². The minimum absolute atomic E-state index is 0.000765. The predicted molar refractivity (Wildman–Crippen MR) is 97.6 cm³/mol. The molecule has 1 amide bonds. The Labute approximate surface area is 142 Å². The van der Waals surface area contributed by atoms with Crippen LogP contribution in [0.25, 0.3) is 0 Å². The number of carbonyl (C=O) groups excluding carboxylic acids is 1. The molecule has 0 bridgehead atoms. The third-order valence-electron chi connectivity index (χ3n) is 4.23. The average Bonchev–Trinajstić information content (AvgIpc) is 2.55. The van der Waals surface area contributed by atoms with Gasteiger partial charge in [-0.1, -0.05) is 32.9 Å². The zero-order chi connectivity index (χ0) is 17.0. The molecule has 0 aliphatic heterocycles. The summed E-state index contributed by atoms with van der Waals surface area (Å²) >= 11 is 1.62. The lowest BCUT2D eigenvalue weighted by Crippen LogP contribution is -2.18. The van der Waals surface area contributed by atoms with Gasteiger partial charge < -0.3 is 10.4 Å². The third kappa shape index (κ3) is 4.08. The van der Waals surface area contributed by atoms with Crippen molar-refractivity contribution in [1.82, 2.24) is 0 Å². The van der Waals surface area contributed by atoms with Crippen molar-refractivity contribution in [3.63, 3.8) is 0 Å². The van der Waals surface area contributed by atoms with Crippen LogP contribution in [0, 0.1) is 0 Å². The summed E-state index contributed by atoms with van der Waals surface area (Å²) < 4.78 is 0. The number of nitrogens with one attached hydrogen (secondary N) is 1. The van der Waals surface area contributed by atoms with Gasteiger partial charge in [-0.2, -0.15) is 0 Å². The maximum Gasteiger partial charge on any atom is 0.259 e. The van der Waals surface area contributed by atoms with E-state index in [1.54, 1.807) is 23.9 Å². The molecule has 0 spiro atoms. The predicted octanol–water partition coefficient (Wildman–Crippen LogP) is 5.05. The lowest BCUT2D eigenvalue weighted by atomic mass is 9.81. The third-order valence-corrected chi connectivity index (χ3v) is 4.96. The smallest absolute Gasteiger partial charge is 0.259 e. The zero-order valence-corrected chi connectivity index (χ0v) is 14.8. The quantitative estimate of drug-likeness (QED) is 0.754. The van der Waals surface area contributed by atoms with Gasteiger partial charge in [0.2, 0.25) is 0 Å². The highest BCUT2D eigenvalue weighted by atomic mass is 32.2. The normalized spacial score (nSPS) is 11.3. The van der Waals surface area contributed by atoms with Gasteiger partial charge in [-0.15, -0.1) is 11.8 Å². The summed E-state index contributed by atoms with van der Waals surface area (Å²) in [5.74, 6) is -0.298. The van der Waals surface area contributed by atoms with Gasteiger partial charge in [0.25, 0.3) is 5.91 Å². The first-order chi connectivity index (χ1) is 10.9. The first-order valence-electron chi connectivity index (χ1n) is 7.66. The Bertz CT molecular complexity index is 710. The van der Waals surface area contributed by atoms with E-state index >= 15 is 0 Å². The summed E-state index contributed by atoms with van der Waals surface area (Å²) in [6.45, 7) is 6.37. The number of benzene rings is 2. The number of phenolic OH excluding ortho intramolecular Hbond substituents is 1. The fourth-order valence-electron chi connectivity index (χ4n) is 2.24. The van der Waals surface area contributed by atoms with Gasteiger partial charge in [0.1, 0.15) is 5.75 Å². The molecule has 2 aromatic carbocycles. The van der Waals surface area contributed by atoms with Crippen LogP contribution < -0.4 is 5.32 Å². The fraction of sp³-hybridized carbons (Fsp3) is 0.316. The Balaban J connectivity index is 2.29. The second kappa shape index (κ2) is 7.09. The van der Waals surface area contributed by atoms with E-state index in [4.69, 9.17) is 0 Å². The van der Waals surface area contributed by atoms with Crippen molar-refractivity contribution in [3.8, 4) is 5.75 Å². The van der Waals surface area contributed by atoms with Gasteiger partial charge in [-0.25, -0.2) is 0 Å². The van der Waals surface area contributed by atoms with Crippen LogP contribution in [0.4, 0.5) is 5.69 Å². The maximum atomic E-state index is 12.5. The Kier molecular flexibility index (Phi) is 5.37. The molecule has 0 aromatic heterocycles. The van der Waals surface area contributed by atoms with Crippen LogP contribution in [0.2, 0.25) is 0 Å². The second-order valence-corrected chi connectivity index (χ2v) is 7.04. The fourth-order valence-corrected chi connectivity index (χ4v) is 2.70. The lowest BCUT2D eigenvalue weighted by Gasteiger charge is -2.24.